The van der Waals surface area contributed by atoms with Crippen LogP contribution in [-0.2, 0) is 4.74 Å². The van der Waals surface area contributed by atoms with Gasteiger partial charge in [0.25, 0.3) is 0 Å². The molecule has 3 nitrogen and oxygen atoms in total. The Bertz CT molecular complexity index is 151. The van der Waals surface area contributed by atoms with Crippen LogP contribution >= 0.6 is 0 Å². The lowest BCUT2D eigenvalue weighted by molar-refractivity contribution is 0.0584. The van der Waals surface area contributed by atoms with E-state index in [2.05, 4.69) is 5.32 Å². The summed E-state index contributed by atoms with van der Waals surface area (Å²) < 4.78 is 5.03. The van der Waals surface area contributed by atoms with Crippen LogP contribution in [0.3, 0.4) is 0 Å². The number of hydrogen-bond acceptors (Lipinski definition) is 2. The highest BCUT2D eigenvalue weighted by molar-refractivity contribution is 5.69. The molecule has 0 aromatic rings. The monoisotopic (exact) mass is 127 g/mol. The maximum atomic E-state index is 10.6. The maximum Gasteiger partial charge on any atom is 0.407 e. The first-order valence-electron chi connectivity index (χ1n) is 3.28. The van der Waals surface area contributed by atoms with E-state index < -0.39 is 0 Å². The average molecular weight is 127 g/mol. The van der Waals surface area contributed by atoms with Crippen molar-refractivity contribution in [3.8, 4) is 0 Å². The number of carbonyl (C=O) groups excluding carboxylic acids is 1. The number of amides is 1. The molecule has 2 rings (SSSR count). The lowest BCUT2D eigenvalue weighted by Crippen LogP contribution is -2.38. The summed E-state index contributed by atoms with van der Waals surface area (Å²) in [6, 6.07) is 0. The second-order valence-electron chi connectivity index (χ2n) is 2.75. The van der Waals surface area contributed by atoms with Crippen molar-refractivity contribution in [3.63, 3.8) is 0 Å². The zero-order valence-electron chi connectivity index (χ0n) is 5.14. The lowest BCUT2D eigenvalue weighted by Gasteiger charge is -2.21. The molecule has 0 bridgehead atoms. The van der Waals surface area contributed by atoms with Crippen molar-refractivity contribution in [1.82, 2.24) is 5.32 Å². The standard InChI is InChI=1S/C6H9NO2/c8-5-7-4-3-6(9-5)1-2-6/h1-4H2,(H,7,8). The molecule has 1 spiro atoms. The van der Waals surface area contributed by atoms with Gasteiger partial charge in [0.15, 0.2) is 0 Å². The molecule has 1 aliphatic heterocycles. The van der Waals surface area contributed by atoms with E-state index in [-0.39, 0.29) is 11.7 Å². The summed E-state index contributed by atoms with van der Waals surface area (Å²) in [5.41, 5.74) is -0.0116. The van der Waals surface area contributed by atoms with Gasteiger partial charge in [0.2, 0.25) is 0 Å². The smallest absolute Gasteiger partial charge is 0.407 e. The molecule has 0 radical (unpaired) electrons. The molecule has 2 aliphatic rings. The second kappa shape index (κ2) is 1.40. The van der Waals surface area contributed by atoms with E-state index in [1.807, 2.05) is 0 Å². The van der Waals surface area contributed by atoms with Crippen molar-refractivity contribution in [2.75, 3.05) is 6.54 Å². The fraction of sp³-hybridized carbons (Fsp3) is 0.833. The first kappa shape index (κ1) is 5.09. The van der Waals surface area contributed by atoms with Gasteiger partial charge in [-0.25, -0.2) is 4.79 Å². The van der Waals surface area contributed by atoms with E-state index >= 15 is 0 Å². The van der Waals surface area contributed by atoms with E-state index in [9.17, 15) is 4.79 Å². The van der Waals surface area contributed by atoms with E-state index in [4.69, 9.17) is 4.74 Å². The van der Waals surface area contributed by atoms with Crippen LogP contribution in [0.2, 0.25) is 0 Å². The number of rotatable bonds is 0. The molecular formula is C6H9NO2. The Labute approximate surface area is 53.4 Å². The molecule has 1 saturated heterocycles. The van der Waals surface area contributed by atoms with E-state index in [1.54, 1.807) is 0 Å². The summed E-state index contributed by atoms with van der Waals surface area (Å²) in [5, 5.41) is 2.62. The molecule has 50 valence electrons. The topological polar surface area (TPSA) is 38.3 Å². The predicted octanol–water partition coefficient (Wildman–Crippen LogP) is 0.649. The van der Waals surface area contributed by atoms with Crippen molar-refractivity contribution in [1.29, 1.82) is 0 Å². The van der Waals surface area contributed by atoms with E-state index in [0.717, 1.165) is 25.8 Å². The van der Waals surface area contributed by atoms with E-state index in [0.29, 0.717) is 0 Å². The third-order valence-electron chi connectivity index (χ3n) is 1.97. The highest BCUT2D eigenvalue weighted by Gasteiger charge is 2.48. The third-order valence-corrected chi connectivity index (χ3v) is 1.97. The lowest BCUT2D eigenvalue weighted by atomic mass is 10.2. The summed E-state index contributed by atoms with van der Waals surface area (Å²) in [5.74, 6) is 0. The maximum absolute atomic E-state index is 10.6. The highest BCUT2D eigenvalue weighted by atomic mass is 16.6. The third kappa shape index (κ3) is 0.763. The van der Waals surface area contributed by atoms with Crippen LogP contribution in [0.15, 0.2) is 0 Å². The minimum atomic E-state index is -0.237. The van der Waals surface area contributed by atoms with Crippen LogP contribution in [0.4, 0.5) is 4.79 Å². The van der Waals surface area contributed by atoms with Crippen LogP contribution in [0.5, 0.6) is 0 Å². The largest absolute Gasteiger partial charge is 0.443 e. The molecule has 0 atom stereocenters. The molecule has 3 heteroatoms. The predicted molar refractivity (Wildman–Crippen MR) is 31.1 cm³/mol. The van der Waals surface area contributed by atoms with Gasteiger partial charge in [-0.15, -0.1) is 0 Å². The number of carbonyl (C=O) groups is 1. The zero-order valence-corrected chi connectivity index (χ0v) is 5.14. The van der Waals surface area contributed by atoms with Crippen LogP contribution in [0, 0.1) is 0 Å². The van der Waals surface area contributed by atoms with Gasteiger partial charge in [-0.2, -0.15) is 0 Å². The SMILES string of the molecule is O=C1NCCC2(CC2)O1. The summed E-state index contributed by atoms with van der Waals surface area (Å²) in [6.07, 6.45) is 2.90. The average Bonchev–Trinajstić information content (AvgIpc) is 2.49. The van der Waals surface area contributed by atoms with Crippen molar-refractivity contribution < 1.29 is 9.53 Å². The van der Waals surface area contributed by atoms with Crippen LogP contribution in [-0.4, -0.2) is 18.2 Å². The minimum absolute atomic E-state index is 0.0116. The molecule has 1 heterocycles. The fourth-order valence-electron chi connectivity index (χ4n) is 1.17. The molecule has 0 aromatic heterocycles. The highest BCUT2D eigenvalue weighted by Crippen LogP contribution is 2.43. The fourth-order valence-corrected chi connectivity index (χ4v) is 1.17. The first-order chi connectivity index (χ1) is 4.31. The molecule has 9 heavy (non-hydrogen) atoms. The molecule has 0 unspecified atom stereocenters. The Balaban J connectivity index is 2.04. The summed E-state index contributed by atoms with van der Waals surface area (Å²) in [7, 11) is 0. The van der Waals surface area contributed by atoms with Gasteiger partial charge in [-0.1, -0.05) is 0 Å². The molecular weight excluding hydrogens is 118 g/mol. The molecule has 1 saturated carbocycles. The zero-order chi connectivity index (χ0) is 6.32. The van der Waals surface area contributed by atoms with Crippen molar-refractivity contribution in [2.24, 2.45) is 0 Å². The molecule has 1 aliphatic carbocycles. The first-order valence-corrected chi connectivity index (χ1v) is 3.28. The Morgan fingerprint density at radius 3 is 2.67 bits per heavy atom. The molecule has 1 amide bonds. The quantitative estimate of drug-likeness (QED) is 0.518. The Hall–Kier alpha value is -0.730. The Morgan fingerprint density at radius 2 is 2.22 bits per heavy atom. The van der Waals surface area contributed by atoms with Gasteiger partial charge in [0.1, 0.15) is 5.60 Å². The summed E-state index contributed by atoms with van der Waals surface area (Å²) >= 11 is 0. The van der Waals surface area contributed by atoms with Gasteiger partial charge < -0.3 is 10.1 Å². The Morgan fingerprint density at radius 1 is 1.44 bits per heavy atom. The van der Waals surface area contributed by atoms with Crippen LogP contribution in [0.25, 0.3) is 0 Å². The van der Waals surface area contributed by atoms with Gasteiger partial charge in [0, 0.05) is 13.0 Å². The van der Waals surface area contributed by atoms with Crippen molar-refractivity contribution >= 4 is 6.09 Å². The van der Waals surface area contributed by atoms with Crippen molar-refractivity contribution in [2.45, 2.75) is 24.9 Å². The minimum Gasteiger partial charge on any atom is -0.443 e. The van der Waals surface area contributed by atoms with Crippen LogP contribution in [0.1, 0.15) is 19.3 Å². The second-order valence-corrected chi connectivity index (χ2v) is 2.75. The normalized spacial score (nSPS) is 29.1. The van der Waals surface area contributed by atoms with Crippen molar-refractivity contribution in [3.05, 3.63) is 0 Å². The van der Waals surface area contributed by atoms with Gasteiger partial charge in [0.05, 0.1) is 0 Å². The summed E-state index contributed by atoms with van der Waals surface area (Å²) in [4.78, 5) is 10.6. The number of hydrogen-bond donors (Lipinski definition) is 1. The molecule has 2 fully saturated rings. The summed E-state index contributed by atoms with van der Waals surface area (Å²) in [6.45, 7) is 0.791. The number of ether oxygens (including phenoxy) is 1. The van der Waals surface area contributed by atoms with Gasteiger partial charge >= 0.3 is 6.09 Å². The van der Waals surface area contributed by atoms with Gasteiger partial charge in [-0.3, -0.25) is 0 Å². The molecule has 0 aromatic carbocycles. The van der Waals surface area contributed by atoms with Crippen LogP contribution < -0.4 is 5.32 Å². The van der Waals surface area contributed by atoms with Gasteiger partial charge in [-0.05, 0) is 12.8 Å². The number of nitrogens with one attached hydrogen (secondary N) is 1. The Kier molecular flexibility index (Phi) is 0.793. The number of alkyl carbamates (subject to hydrolysis) is 1. The van der Waals surface area contributed by atoms with E-state index in [1.165, 1.54) is 0 Å². The molecule has 1 N–H and O–H groups in total.